The molecule has 0 spiro atoms. The van der Waals surface area contributed by atoms with Gasteiger partial charge < -0.3 is 19.5 Å². The Bertz CT molecular complexity index is 502. The summed E-state index contributed by atoms with van der Waals surface area (Å²) in [6.45, 7) is 1.61. The zero-order valence-corrected chi connectivity index (χ0v) is 15.0. The van der Waals surface area contributed by atoms with E-state index in [4.69, 9.17) is 0 Å². The predicted octanol–water partition coefficient (Wildman–Crippen LogP) is 0.146. The minimum absolute atomic E-state index is 0.0127. The van der Waals surface area contributed by atoms with Crippen LogP contribution in [0, 0.1) is 5.92 Å². The first-order valence-electron chi connectivity index (χ1n) is 7.77. The average Bonchev–Trinajstić information content (AvgIpc) is 2.60. The van der Waals surface area contributed by atoms with Crippen molar-refractivity contribution in [2.75, 3.05) is 21.3 Å². The van der Waals surface area contributed by atoms with E-state index in [0.29, 0.717) is 0 Å². The lowest BCUT2D eigenvalue weighted by Gasteiger charge is -2.22. The molecule has 0 bridgehead atoms. The molecule has 0 aliphatic rings. The van der Waals surface area contributed by atoms with Gasteiger partial charge in [0.25, 0.3) is 0 Å². The van der Waals surface area contributed by atoms with E-state index in [-0.39, 0.29) is 37.9 Å². The molecule has 9 heteroatoms. The third kappa shape index (κ3) is 9.43. The SMILES string of the molecule is COC(=O)CCC(=O)CC(C)[C@@H](NC(=O)CCC(=O)OC)C(=O)OC. The van der Waals surface area contributed by atoms with Crippen LogP contribution < -0.4 is 5.32 Å². The third-order valence-corrected chi connectivity index (χ3v) is 3.51. The van der Waals surface area contributed by atoms with Gasteiger partial charge in [0, 0.05) is 19.3 Å². The highest BCUT2D eigenvalue weighted by Crippen LogP contribution is 2.13. The van der Waals surface area contributed by atoms with Crippen molar-refractivity contribution in [3.8, 4) is 0 Å². The first-order chi connectivity index (χ1) is 11.7. The zero-order valence-electron chi connectivity index (χ0n) is 15.0. The van der Waals surface area contributed by atoms with Gasteiger partial charge >= 0.3 is 17.9 Å². The summed E-state index contributed by atoms with van der Waals surface area (Å²) < 4.78 is 13.5. The molecular weight excluding hydrogens is 334 g/mol. The fraction of sp³-hybridized carbons (Fsp3) is 0.688. The van der Waals surface area contributed by atoms with Crippen LogP contribution in [0.5, 0.6) is 0 Å². The summed E-state index contributed by atoms with van der Waals surface area (Å²) in [7, 11) is 3.60. The summed E-state index contributed by atoms with van der Waals surface area (Å²) in [5, 5.41) is 2.46. The number of Topliss-reactive ketones (excluding diaryl/α,β-unsaturated/α-hetero) is 1. The molecule has 9 nitrogen and oxygen atoms in total. The van der Waals surface area contributed by atoms with Crippen molar-refractivity contribution in [2.45, 2.75) is 45.1 Å². The van der Waals surface area contributed by atoms with E-state index in [1.165, 1.54) is 21.3 Å². The molecule has 0 fully saturated rings. The summed E-state index contributed by atoms with van der Waals surface area (Å²) in [4.78, 5) is 57.7. The quantitative estimate of drug-likeness (QED) is 0.408. The molecule has 1 N–H and O–H groups in total. The van der Waals surface area contributed by atoms with Gasteiger partial charge in [-0.05, 0) is 5.92 Å². The fourth-order valence-corrected chi connectivity index (χ4v) is 2.05. The summed E-state index contributed by atoms with van der Waals surface area (Å²) in [6, 6.07) is -1.03. The lowest BCUT2D eigenvalue weighted by atomic mass is 9.94. The molecule has 0 rings (SSSR count). The number of methoxy groups -OCH3 is 3. The van der Waals surface area contributed by atoms with Crippen LogP contribution in [0.3, 0.4) is 0 Å². The maximum Gasteiger partial charge on any atom is 0.328 e. The summed E-state index contributed by atoms with van der Waals surface area (Å²) in [5.74, 6) is -3.05. The van der Waals surface area contributed by atoms with Crippen molar-refractivity contribution >= 4 is 29.6 Å². The molecule has 142 valence electrons. The van der Waals surface area contributed by atoms with E-state index < -0.39 is 35.8 Å². The zero-order chi connectivity index (χ0) is 19.4. The maximum atomic E-state index is 11.9. The number of nitrogens with one attached hydrogen (secondary N) is 1. The highest BCUT2D eigenvalue weighted by Gasteiger charge is 2.29. The number of hydrogen-bond donors (Lipinski definition) is 1. The lowest BCUT2D eigenvalue weighted by molar-refractivity contribution is -0.147. The van der Waals surface area contributed by atoms with E-state index in [0.717, 1.165) is 0 Å². The van der Waals surface area contributed by atoms with Crippen molar-refractivity contribution in [1.82, 2.24) is 5.32 Å². The number of ketones is 1. The second-order valence-electron chi connectivity index (χ2n) is 5.44. The second-order valence-corrected chi connectivity index (χ2v) is 5.44. The first kappa shape index (κ1) is 22.6. The molecule has 0 radical (unpaired) electrons. The molecular formula is C16H25NO8. The number of hydrogen-bond acceptors (Lipinski definition) is 8. The van der Waals surface area contributed by atoms with Crippen LogP contribution in [0.1, 0.15) is 39.0 Å². The van der Waals surface area contributed by atoms with Crippen LogP contribution >= 0.6 is 0 Å². The average molecular weight is 359 g/mol. The number of esters is 3. The molecule has 25 heavy (non-hydrogen) atoms. The number of carbonyl (C=O) groups is 5. The Morgan fingerprint density at radius 1 is 0.800 bits per heavy atom. The van der Waals surface area contributed by atoms with Gasteiger partial charge in [0.15, 0.2) is 0 Å². The largest absolute Gasteiger partial charge is 0.469 e. The van der Waals surface area contributed by atoms with Crippen LogP contribution in [0.25, 0.3) is 0 Å². The van der Waals surface area contributed by atoms with Crippen molar-refractivity contribution < 1.29 is 38.2 Å². The molecule has 0 aromatic heterocycles. The third-order valence-electron chi connectivity index (χ3n) is 3.51. The van der Waals surface area contributed by atoms with Gasteiger partial charge in [-0.2, -0.15) is 0 Å². The molecule has 2 atom stereocenters. The number of rotatable bonds is 11. The minimum atomic E-state index is -1.03. The highest BCUT2D eigenvalue weighted by atomic mass is 16.5. The molecule has 0 heterocycles. The van der Waals surface area contributed by atoms with Crippen LogP contribution in [-0.4, -0.2) is 57.0 Å². The standard InChI is InChI=1S/C16H25NO8/c1-10(9-11(18)5-7-13(20)23-2)15(16(22)25-4)17-12(19)6-8-14(21)24-3/h10,15H,5-9H2,1-4H3,(H,17,19)/t10?,15-/m1/s1. The summed E-state index contributed by atoms with van der Waals surface area (Å²) >= 11 is 0. The highest BCUT2D eigenvalue weighted by molar-refractivity contribution is 5.88. The van der Waals surface area contributed by atoms with Crippen molar-refractivity contribution in [1.29, 1.82) is 0 Å². The van der Waals surface area contributed by atoms with E-state index >= 15 is 0 Å². The van der Waals surface area contributed by atoms with Gasteiger partial charge in [-0.1, -0.05) is 6.92 Å². The predicted molar refractivity (Wildman–Crippen MR) is 85.2 cm³/mol. The Labute approximate surface area is 146 Å². The second kappa shape index (κ2) is 12.0. The van der Waals surface area contributed by atoms with Gasteiger partial charge in [-0.3, -0.25) is 19.2 Å². The molecule has 0 aliphatic heterocycles. The normalized spacial score (nSPS) is 12.5. The Morgan fingerprint density at radius 3 is 1.80 bits per heavy atom. The molecule has 0 aliphatic carbocycles. The first-order valence-corrected chi connectivity index (χ1v) is 7.77. The molecule has 0 saturated carbocycles. The number of carbonyl (C=O) groups excluding carboxylic acids is 5. The Kier molecular flexibility index (Phi) is 10.8. The smallest absolute Gasteiger partial charge is 0.328 e. The minimum Gasteiger partial charge on any atom is -0.469 e. The monoisotopic (exact) mass is 359 g/mol. The lowest BCUT2D eigenvalue weighted by Crippen LogP contribution is -2.46. The topological polar surface area (TPSA) is 125 Å². The molecule has 1 amide bonds. The van der Waals surface area contributed by atoms with Gasteiger partial charge in [-0.25, -0.2) is 4.79 Å². The van der Waals surface area contributed by atoms with Crippen LogP contribution in [0.15, 0.2) is 0 Å². The van der Waals surface area contributed by atoms with Gasteiger partial charge in [0.1, 0.15) is 11.8 Å². The van der Waals surface area contributed by atoms with E-state index in [9.17, 15) is 24.0 Å². The van der Waals surface area contributed by atoms with Gasteiger partial charge in [0.05, 0.1) is 34.2 Å². The Balaban J connectivity index is 4.66. The van der Waals surface area contributed by atoms with E-state index in [2.05, 4.69) is 19.5 Å². The van der Waals surface area contributed by atoms with Crippen LogP contribution in [0.4, 0.5) is 0 Å². The van der Waals surface area contributed by atoms with Crippen LogP contribution in [-0.2, 0) is 38.2 Å². The maximum absolute atomic E-state index is 11.9. The molecule has 0 aromatic rings. The van der Waals surface area contributed by atoms with E-state index in [1.807, 2.05) is 0 Å². The van der Waals surface area contributed by atoms with Crippen molar-refractivity contribution in [2.24, 2.45) is 5.92 Å². The fourth-order valence-electron chi connectivity index (χ4n) is 2.05. The Hall–Kier alpha value is -2.45. The molecule has 0 aromatic carbocycles. The number of amides is 1. The van der Waals surface area contributed by atoms with Gasteiger partial charge in [-0.15, -0.1) is 0 Å². The van der Waals surface area contributed by atoms with Crippen molar-refractivity contribution in [3.05, 3.63) is 0 Å². The van der Waals surface area contributed by atoms with E-state index in [1.54, 1.807) is 6.92 Å². The molecule has 1 unspecified atom stereocenters. The number of ether oxygens (including phenoxy) is 3. The van der Waals surface area contributed by atoms with Gasteiger partial charge in [0.2, 0.25) is 5.91 Å². The van der Waals surface area contributed by atoms with Crippen LogP contribution in [0.2, 0.25) is 0 Å². The molecule has 0 saturated heterocycles. The summed E-state index contributed by atoms with van der Waals surface area (Å²) in [6.07, 6.45) is -0.350. The van der Waals surface area contributed by atoms with Crippen molar-refractivity contribution in [3.63, 3.8) is 0 Å². The Morgan fingerprint density at radius 2 is 1.32 bits per heavy atom. The summed E-state index contributed by atoms with van der Waals surface area (Å²) in [5.41, 5.74) is 0.